The van der Waals surface area contributed by atoms with Gasteiger partial charge in [0.1, 0.15) is 23.3 Å². The van der Waals surface area contributed by atoms with Crippen LogP contribution in [0.5, 0.6) is 0 Å². The molecule has 2 aliphatic rings. The fraction of sp³-hybridized carbons (Fsp3) is 0.500. The Hall–Kier alpha value is -3.08. The lowest BCUT2D eigenvalue weighted by molar-refractivity contribution is 0.0187. The Bertz CT molecular complexity index is 1300. The molecule has 1 aliphatic heterocycles. The monoisotopic (exact) mass is 527 g/mol. The van der Waals surface area contributed by atoms with Crippen molar-refractivity contribution >= 4 is 23.5 Å². The molecule has 0 radical (unpaired) electrons. The third-order valence-corrected chi connectivity index (χ3v) is 7.62. The van der Waals surface area contributed by atoms with Gasteiger partial charge < -0.3 is 26.2 Å². The highest BCUT2D eigenvalue weighted by molar-refractivity contribution is 6.31. The van der Waals surface area contributed by atoms with E-state index in [0.29, 0.717) is 47.3 Å². The van der Waals surface area contributed by atoms with E-state index in [-0.39, 0.29) is 17.6 Å². The van der Waals surface area contributed by atoms with E-state index in [1.807, 2.05) is 51.2 Å². The van der Waals surface area contributed by atoms with Crippen LogP contribution in [0.4, 0.5) is 10.6 Å². The molecule has 1 aliphatic carbocycles. The van der Waals surface area contributed by atoms with Gasteiger partial charge in [-0.3, -0.25) is 4.68 Å². The number of aliphatic hydroxyl groups excluding tert-OH is 1. The van der Waals surface area contributed by atoms with Gasteiger partial charge in [-0.15, -0.1) is 0 Å². The van der Waals surface area contributed by atoms with Crippen molar-refractivity contribution < 1.29 is 14.6 Å². The fourth-order valence-corrected chi connectivity index (χ4v) is 5.68. The van der Waals surface area contributed by atoms with Crippen LogP contribution in [0.25, 0.3) is 11.3 Å². The van der Waals surface area contributed by atoms with Gasteiger partial charge in [-0.25, -0.2) is 9.48 Å². The Kier molecular flexibility index (Phi) is 6.45. The van der Waals surface area contributed by atoms with E-state index in [1.165, 1.54) is 0 Å². The van der Waals surface area contributed by atoms with Gasteiger partial charge in [0.2, 0.25) is 0 Å². The summed E-state index contributed by atoms with van der Waals surface area (Å²) >= 11 is 6.30. The number of hydrogen-bond acceptors (Lipinski definition) is 7. The van der Waals surface area contributed by atoms with Gasteiger partial charge in [0.05, 0.1) is 24.3 Å². The van der Waals surface area contributed by atoms with Crippen LogP contribution in [0.2, 0.25) is 5.02 Å². The minimum Gasteiger partial charge on any atom is -0.444 e. The normalized spacial score (nSPS) is 22.3. The Morgan fingerprint density at radius 1 is 1.32 bits per heavy atom. The molecule has 1 aromatic carbocycles. The Labute approximate surface area is 221 Å². The summed E-state index contributed by atoms with van der Waals surface area (Å²) in [5.74, 6) is 0.352. The number of ether oxygens (including phenoxy) is 1. The number of amides is 1. The topological polar surface area (TPSA) is 137 Å². The number of halogens is 1. The van der Waals surface area contributed by atoms with Gasteiger partial charge in [-0.2, -0.15) is 10.2 Å². The smallest absolute Gasteiger partial charge is 0.410 e. The molecule has 198 valence electrons. The maximum Gasteiger partial charge on any atom is 0.410 e. The first-order chi connectivity index (χ1) is 17.4. The van der Waals surface area contributed by atoms with Gasteiger partial charge in [0.15, 0.2) is 0 Å². The number of nitrogens with two attached hydrogens (primary N) is 2. The van der Waals surface area contributed by atoms with Crippen LogP contribution in [0.15, 0.2) is 36.7 Å². The molecule has 3 heterocycles. The largest absolute Gasteiger partial charge is 0.444 e. The van der Waals surface area contributed by atoms with E-state index in [0.717, 1.165) is 24.8 Å². The number of nitrogens with zero attached hydrogens (tertiary/aromatic N) is 5. The highest BCUT2D eigenvalue weighted by Gasteiger charge is 2.51. The van der Waals surface area contributed by atoms with Crippen molar-refractivity contribution in [1.29, 1.82) is 0 Å². The average Bonchev–Trinajstić information content (AvgIpc) is 3.50. The summed E-state index contributed by atoms with van der Waals surface area (Å²) in [4.78, 5) is 14.3. The Morgan fingerprint density at radius 3 is 2.73 bits per heavy atom. The number of anilines is 1. The van der Waals surface area contributed by atoms with Crippen molar-refractivity contribution in [2.24, 2.45) is 11.1 Å². The zero-order valence-electron chi connectivity index (χ0n) is 21.4. The molecule has 1 spiro atoms. The summed E-state index contributed by atoms with van der Waals surface area (Å²) in [5.41, 5.74) is 14.4. The molecule has 11 heteroatoms. The highest BCUT2D eigenvalue weighted by atomic mass is 35.5. The number of hydrogen-bond donors (Lipinski definition) is 3. The third-order valence-electron chi connectivity index (χ3n) is 7.25. The van der Waals surface area contributed by atoms with Crippen LogP contribution in [-0.4, -0.2) is 54.4 Å². The molecule has 1 atom stereocenters. The number of likely N-dealkylation sites (tertiary alicyclic amines) is 1. The number of carbonyl (C=O) groups excluding carboxylic acids is 1. The lowest BCUT2D eigenvalue weighted by Crippen LogP contribution is -2.43. The summed E-state index contributed by atoms with van der Waals surface area (Å²) in [5, 5.41) is 20.3. The van der Waals surface area contributed by atoms with Crippen molar-refractivity contribution in [3.63, 3.8) is 0 Å². The standard InChI is InChI=1S/C26H34ClN7O3/c1-25(2,3)37-24(36)32-9-8-26(15-32)10-18(11-26)34-22(28)20(23(29)35)21(31-34)17-12-30-33(14-17)13-16-6-4-5-7-19(16)27/h4-7,12,14,18,23,35H,8-11,13,15,28-29H2,1-3H3. The van der Waals surface area contributed by atoms with E-state index in [4.69, 9.17) is 32.9 Å². The quantitative estimate of drug-likeness (QED) is 0.427. The van der Waals surface area contributed by atoms with E-state index >= 15 is 0 Å². The average molecular weight is 528 g/mol. The van der Waals surface area contributed by atoms with Crippen LogP contribution in [0.1, 0.15) is 63.4 Å². The van der Waals surface area contributed by atoms with Gasteiger partial charge in [0.25, 0.3) is 0 Å². The van der Waals surface area contributed by atoms with Crippen LogP contribution in [0.3, 0.4) is 0 Å². The first-order valence-electron chi connectivity index (χ1n) is 12.5. The molecule has 1 saturated heterocycles. The lowest BCUT2D eigenvalue weighted by atomic mass is 9.65. The van der Waals surface area contributed by atoms with E-state index in [1.54, 1.807) is 20.5 Å². The molecular weight excluding hydrogens is 494 g/mol. The van der Waals surface area contributed by atoms with Crippen LogP contribution < -0.4 is 11.5 Å². The molecule has 2 aromatic heterocycles. The lowest BCUT2D eigenvalue weighted by Gasteiger charge is -2.45. The number of carbonyl (C=O) groups is 1. The predicted octanol–water partition coefficient (Wildman–Crippen LogP) is 3.94. The van der Waals surface area contributed by atoms with Crippen molar-refractivity contribution in [3.8, 4) is 11.3 Å². The summed E-state index contributed by atoms with van der Waals surface area (Å²) in [7, 11) is 0. The molecule has 3 aromatic rings. The van der Waals surface area contributed by atoms with Crippen molar-refractivity contribution in [2.45, 2.75) is 64.4 Å². The van der Waals surface area contributed by atoms with Crippen molar-refractivity contribution in [2.75, 3.05) is 18.8 Å². The minimum atomic E-state index is -1.28. The SMILES string of the molecule is CC(C)(C)OC(=O)N1CCC2(CC(n3nc(-c4cnn(Cc5ccccc5Cl)c4)c(C(N)O)c3N)C2)C1. The third kappa shape index (κ3) is 5.05. The zero-order chi connectivity index (χ0) is 26.5. The molecule has 1 unspecified atom stereocenters. The molecule has 37 heavy (non-hydrogen) atoms. The van der Waals surface area contributed by atoms with Crippen LogP contribution in [0, 0.1) is 5.41 Å². The molecular formula is C26H34ClN7O3. The van der Waals surface area contributed by atoms with Crippen LogP contribution >= 0.6 is 11.6 Å². The van der Waals surface area contributed by atoms with Gasteiger partial charge in [0, 0.05) is 29.9 Å². The number of nitrogen functional groups attached to an aromatic ring is 1. The number of aliphatic hydroxyl groups is 1. The predicted molar refractivity (Wildman–Crippen MR) is 141 cm³/mol. The second kappa shape index (κ2) is 9.34. The molecule has 2 fully saturated rings. The van der Waals surface area contributed by atoms with Crippen molar-refractivity contribution in [1.82, 2.24) is 24.5 Å². The second-order valence-electron chi connectivity index (χ2n) is 11.3. The Morgan fingerprint density at radius 2 is 2.05 bits per heavy atom. The Balaban J connectivity index is 1.32. The van der Waals surface area contributed by atoms with Crippen molar-refractivity contribution in [3.05, 3.63) is 52.8 Å². The number of aromatic nitrogens is 4. The molecule has 5 N–H and O–H groups in total. The maximum atomic E-state index is 12.5. The number of benzene rings is 1. The van der Waals surface area contributed by atoms with Gasteiger partial charge in [-0.05, 0) is 57.1 Å². The van der Waals surface area contributed by atoms with E-state index in [2.05, 4.69) is 5.10 Å². The van der Waals surface area contributed by atoms with E-state index < -0.39 is 11.8 Å². The zero-order valence-corrected chi connectivity index (χ0v) is 22.1. The fourth-order valence-electron chi connectivity index (χ4n) is 5.48. The van der Waals surface area contributed by atoms with E-state index in [9.17, 15) is 9.90 Å². The molecule has 5 rings (SSSR count). The number of rotatable bonds is 5. The summed E-state index contributed by atoms with van der Waals surface area (Å²) in [6.45, 7) is 7.46. The second-order valence-corrected chi connectivity index (χ2v) is 11.7. The summed E-state index contributed by atoms with van der Waals surface area (Å²) in [6.07, 6.45) is 4.58. The first kappa shape index (κ1) is 25.6. The highest BCUT2D eigenvalue weighted by Crippen LogP contribution is 2.55. The minimum absolute atomic E-state index is 0.0292. The molecule has 1 amide bonds. The molecule has 10 nitrogen and oxygen atoms in total. The van der Waals surface area contributed by atoms with Crippen LogP contribution in [-0.2, 0) is 11.3 Å². The summed E-state index contributed by atoms with van der Waals surface area (Å²) < 4.78 is 9.08. The first-order valence-corrected chi connectivity index (χ1v) is 12.9. The van der Waals surface area contributed by atoms with Gasteiger partial charge >= 0.3 is 6.09 Å². The molecule has 0 bridgehead atoms. The maximum absolute atomic E-state index is 12.5. The van der Waals surface area contributed by atoms with Gasteiger partial charge in [-0.1, -0.05) is 29.8 Å². The molecule has 1 saturated carbocycles. The summed E-state index contributed by atoms with van der Waals surface area (Å²) in [6, 6.07) is 7.66.